The first-order chi connectivity index (χ1) is 6.65. The number of pyridine rings is 1. The lowest BCUT2D eigenvalue weighted by atomic mass is 10.0. The molecule has 1 aromatic rings. The van der Waals surface area contributed by atoms with Gasteiger partial charge in [-0.05, 0) is 31.4 Å². The first-order valence-corrected chi connectivity index (χ1v) is 4.90. The standard InChI is InChI=1S/C11H16N2O/c1-3-4-5-9-7-13-8(2)6-10(9)11(12)14/h6-7H,3-5H2,1-2H3,(H2,12,14). The fourth-order valence-corrected chi connectivity index (χ4v) is 1.38. The lowest BCUT2D eigenvalue weighted by Gasteiger charge is -2.05. The van der Waals surface area contributed by atoms with Gasteiger partial charge in [-0.2, -0.15) is 0 Å². The highest BCUT2D eigenvalue weighted by atomic mass is 16.1. The third-order valence-electron chi connectivity index (χ3n) is 2.19. The van der Waals surface area contributed by atoms with Crippen LogP contribution in [0.15, 0.2) is 12.3 Å². The maximum Gasteiger partial charge on any atom is 0.249 e. The minimum Gasteiger partial charge on any atom is -0.366 e. The van der Waals surface area contributed by atoms with Crippen molar-refractivity contribution in [1.29, 1.82) is 0 Å². The predicted molar refractivity (Wildman–Crippen MR) is 56.1 cm³/mol. The van der Waals surface area contributed by atoms with Crippen LogP contribution < -0.4 is 5.73 Å². The summed E-state index contributed by atoms with van der Waals surface area (Å²) in [4.78, 5) is 15.3. The Morgan fingerprint density at radius 1 is 1.57 bits per heavy atom. The summed E-state index contributed by atoms with van der Waals surface area (Å²) in [6.07, 6.45) is 4.80. The second kappa shape index (κ2) is 4.74. The van der Waals surface area contributed by atoms with Gasteiger partial charge in [-0.1, -0.05) is 13.3 Å². The smallest absolute Gasteiger partial charge is 0.249 e. The molecule has 0 fully saturated rings. The third-order valence-corrected chi connectivity index (χ3v) is 2.19. The van der Waals surface area contributed by atoms with Crippen molar-refractivity contribution in [3.05, 3.63) is 29.1 Å². The number of carbonyl (C=O) groups excluding carboxylic acids is 1. The molecule has 2 N–H and O–H groups in total. The first kappa shape index (κ1) is 10.7. The van der Waals surface area contributed by atoms with Crippen molar-refractivity contribution in [3.63, 3.8) is 0 Å². The Morgan fingerprint density at radius 3 is 2.86 bits per heavy atom. The fourth-order valence-electron chi connectivity index (χ4n) is 1.38. The predicted octanol–water partition coefficient (Wildman–Crippen LogP) is 1.83. The van der Waals surface area contributed by atoms with Crippen LogP contribution in [0.2, 0.25) is 0 Å². The van der Waals surface area contributed by atoms with E-state index >= 15 is 0 Å². The fraction of sp³-hybridized carbons (Fsp3) is 0.455. The molecule has 1 amide bonds. The zero-order valence-electron chi connectivity index (χ0n) is 8.71. The van der Waals surface area contributed by atoms with Gasteiger partial charge in [0.2, 0.25) is 5.91 Å². The van der Waals surface area contributed by atoms with Crippen LogP contribution in [0.1, 0.15) is 41.4 Å². The largest absolute Gasteiger partial charge is 0.366 e. The van der Waals surface area contributed by atoms with Gasteiger partial charge in [-0.15, -0.1) is 0 Å². The van der Waals surface area contributed by atoms with E-state index in [0.717, 1.165) is 30.5 Å². The highest BCUT2D eigenvalue weighted by Crippen LogP contribution is 2.11. The summed E-state index contributed by atoms with van der Waals surface area (Å²) >= 11 is 0. The summed E-state index contributed by atoms with van der Waals surface area (Å²) in [5.74, 6) is -0.360. The van der Waals surface area contributed by atoms with Gasteiger partial charge in [0.05, 0.1) is 0 Å². The summed E-state index contributed by atoms with van der Waals surface area (Å²) in [7, 11) is 0. The molecule has 0 atom stereocenters. The van der Waals surface area contributed by atoms with Crippen LogP contribution in [0.3, 0.4) is 0 Å². The Bertz CT molecular complexity index is 334. The monoisotopic (exact) mass is 192 g/mol. The Morgan fingerprint density at radius 2 is 2.29 bits per heavy atom. The van der Waals surface area contributed by atoms with Gasteiger partial charge in [0.25, 0.3) is 0 Å². The van der Waals surface area contributed by atoms with Crippen molar-refractivity contribution in [2.45, 2.75) is 33.1 Å². The number of primary amides is 1. The molecule has 14 heavy (non-hydrogen) atoms. The van der Waals surface area contributed by atoms with Gasteiger partial charge < -0.3 is 5.73 Å². The van der Waals surface area contributed by atoms with Crippen molar-refractivity contribution in [2.24, 2.45) is 5.73 Å². The van der Waals surface area contributed by atoms with Crippen molar-refractivity contribution < 1.29 is 4.79 Å². The van der Waals surface area contributed by atoms with Crippen LogP contribution in [-0.2, 0) is 6.42 Å². The van der Waals surface area contributed by atoms with Crippen LogP contribution in [-0.4, -0.2) is 10.9 Å². The number of nitrogens with zero attached hydrogens (tertiary/aromatic N) is 1. The van der Waals surface area contributed by atoms with Crippen molar-refractivity contribution in [2.75, 3.05) is 0 Å². The number of amides is 1. The molecule has 0 aliphatic rings. The van der Waals surface area contributed by atoms with E-state index < -0.39 is 0 Å². The molecule has 0 radical (unpaired) electrons. The molecular formula is C11H16N2O. The van der Waals surface area contributed by atoms with Crippen LogP contribution in [0.25, 0.3) is 0 Å². The number of aryl methyl sites for hydroxylation is 2. The van der Waals surface area contributed by atoms with Gasteiger partial charge in [-0.25, -0.2) is 0 Å². The SMILES string of the molecule is CCCCc1cnc(C)cc1C(N)=O. The highest BCUT2D eigenvalue weighted by Gasteiger charge is 2.08. The second-order valence-electron chi connectivity index (χ2n) is 3.45. The number of hydrogen-bond acceptors (Lipinski definition) is 2. The minimum atomic E-state index is -0.360. The van der Waals surface area contributed by atoms with Gasteiger partial charge in [0.1, 0.15) is 0 Å². The second-order valence-corrected chi connectivity index (χ2v) is 3.45. The first-order valence-electron chi connectivity index (χ1n) is 4.90. The number of nitrogens with two attached hydrogens (primary N) is 1. The Hall–Kier alpha value is -1.38. The Balaban J connectivity index is 2.96. The Kier molecular flexibility index (Phi) is 3.63. The molecule has 0 unspecified atom stereocenters. The van der Waals surface area contributed by atoms with E-state index in [4.69, 9.17) is 5.73 Å². The van der Waals surface area contributed by atoms with Crippen LogP contribution in [0.5, 0.6) is 0 Å². The van der Waals surface area contributed by atoms with Crippen molar-refractivity contribution >= 4 is 5.91 Å². The molecule has 0 aliphatic carbocycles. The van der Waals surface area contributed by atoms with E-state index in [2.05, 4.69) is 11.9 Å². The van der Waals surface area contributed by atoms with Crippen LogP contribution in [0, 0.1) is 6.92 Å². The highest BCUT2D eigenvalue weighted by molar-refractivity contribution is 5.94. The molecule has 76 valence electrons. The van der Waals surface area contributed by atoms with Crippen LogP contribution >= 0.6 is 0 Å². The van der Waals surface area contributed by atoms with Crippen LogP contribution in [0.4, 0.5) is 0 Å². The summed E-state index contributed by atoms with van der Waals surface area (Å²) in [6, 6.07) is 1.76. The molecule has 0 aromatic carbocycles. The average molecular weight is 192 g/mol. The molecule has 3 nitrogen and oxygen atoms in total. The molecule has 1 rings (SSSR count). The van der Waals surface area contributed by atoms with E-state index in [9.17, 15) is 4.79 Å². The molecule has 1 aromatic heterocycles. The summed E-state index contributed by atoms with van der Waals surface area (Å²) in [5.41, 5.74) is 7.70. The van der Waals surface area contributed by atoms with Crippen molar-refractivity contribution in [1.82, 2.24) is 4.98 Å². The molecule has 0 saturated carbocycles. The molecule has 0 bridgehead atoms. The quantitative estimate of drug-likeness (QED) is 0.791. The lowest BCUT2D eigenvalue weighted by Crippen LogP contribution is -2.14. The summed E-state index contributed by atoms with van der Waals surface area (Å²) in [5, 5.41) is 0. The Labute approximate surface area is 84.3 Å². The van der Waals surface area contributed by atoms with E-state index in [1.807, 2.05) is 6.92 Å². The summed E-state index contributed by atoms with van der Waals surface area (Å²) in [6.45, 7) is 3.97. The van der Waals surface area contributed by atoms with E-state index in [0.29, 0.717) is 5.56 Å². The minimum absolute atomic E-state index is 0.360. The third kappa shape index (κ3) is 2.55. The molecule has 0 aliphatic heterocycles. The van der Waals surface area contributed by atoms with E-state index in [1.165, 1.54) is 0 Å². The maximum atomic E-state index is 11.1. The maximum absolute atomic E-state index is 11.1. The molecule has 1 heterocycles. The van der Waals surface area contributed by atoms with Gasteiger partial charge in [-0.3, -0.25) is 9.78 Å². The molecule has 0 spiro atoms. The molecular weight excluding hydrogens is 176 g/mol. The molecule has 3 heteroatoms. The lowest BCUT2D eigenvalue weighted by molar-refractivity contribution is 0.0999. The number of hydrogen-bond donors (Lipinski definition) is 1. The number of rotatable bonds is 4. The van der Waals surface area contributed by atoms with Gasteiger partial charge >= 0.3 is 0 Å². The number of unbranched alkanes of at least 4 members (excludes halogenated alkanes) is 1. The number of carbonyl (C=O) groups is 1. The van der Waals surface area contributed by atoms with E-state index in [1.54, 1.807) is 12.3 Å². The zero-order valence-corrected chi connectivity index (χ0v) is 8.71. The van der Waals surface area contributed by atoms with Gasteiger partial charge in [0, 0.05) is 17.5 Å². The van der Waals surface area contributed by atoms with Gasteiger partial charge in [0.15, 0.2) is 0 Å². The normalized spacial score (nSPS) is 10.1. The van der Waals surface area contributed by atoms with E-state index in [-0.39, 0.29) is 5.91 Å². The molecule has 0 saturated heterocycles. The van der Waals surface area contributed by atoms with Crippen molar-refractivity contribution in [3.8, 4) is 0 Å². The summed E-state index contributed by atoms with van der Waals surface area (Å²) < 4.78 is 0. The topological polar surface area (TPSA) is 56.0 Å². The number of aromatic nitrogens is 1. The zero-order chi connectivity index (χ0) is 10.6. The average Bonchev–Trinajstić information content (AvgIpc) is 2.15.